The van der Waals surface area contributed by atoms with Gasteiger partial charge in [-0.05, 0) is 47.0 Å². The summed E-state index contributed by atoms with van der Waals surface area (Å²) in [7, 11) is 0. The number of hydrogen-bond donors (Lipinski definition) is 0. The summed E-state index contributed by atoms with van der Waals surface area (Å²) < 4.78 is 39.5. The Labute approximate surface area is 294 Å². The van der Waals surface area contributed by atoms with E-state index in [0.717, 1.165) is 40.1 Å². The molecule has 0 N–H and O–H groups in total. The van der Waals surface area contributed by atoms with E-state index in [1.54, 1.807) is 23.5 Å². The number of amides is 2. The van der Waals surface area contributed by atoms with E-state index >= 15 is 0 Å². The highest BCUT2D eigenvalue weighted by Crippen LogP contribution is 2.29. The van der Waals surface area contributed by atoms with Gasteiger partial charge in [-0.2, -0.15) is 13.2 Å². The predicted molar refractivity (Wildman–Crippen MR) is 189 cm³/mol. The van der Waals surface area contributed by atoms with Crippen molar-refractivity contribution >= 4 is 17.9 Å². The smallest absolute Gasteiger partial charge is 0.338 e. The molecule has 1 aliphatic rings. The SMILES string of the molecule is O=C([C@H](Cc1ccccc1)N(Cc1ccc(-c2ccccn2)cc1)C(=O)/C=C\c1ccc(C(F)(F)F)cc1)N1CCN(Cc2cncnc2)CC1. The van der Waals surface area contributed by atoms with Crippen LogP contribution >= 0.6 is 0 Å². The van der Waals surface area contributed by atoms with Crippen molar-refractivity contribution in [3.63, 3.8) is 0 Å². The molecule has 11 heteroatoms. The van der Waals surface area contributed by atoms with Crippen molar-refractivity contribution < 1.29 is 22.8 Å². The minimum Gasteiger partial charge on any atom is -0.338 e. The number of hydrogen-bond acceptors (Lipinski definition) is 6. The maximum Gasteiger partial charge on any atom is 0.416 e. The second-order valence-electron chi connectivity index (χ2n) is 12.4. The van der Waals surface area contributed by atoms with Crippen LogP contribution in [0.4, 0.5) is 13.2 Å². The van der Waals surface area contributed by atoms with Crippen LogP contribution < -0.4 is 0 Å². The fourth-order valence-electron chi connectivity index (χ4n) is 6.07. The number of piperazine rings is 1. The average molecular weight is 691 g/mol. The van der Waals surface area contributed by atoms with Gasteiger partial charge in [-0.3, -0.25) is 19.5 Å². The molecule has 3 aromatic carbocycles. The monoisotopic (exact) mass is 690 g/mol. The predicted octanol–water partition coefficient (Wildman–Crippen LogP) is 6.56. The quantitative estimate of drug-likeness (QED) is 0.146. The van der Waals surface area contributed by atoms with Crippen LogP contribution in [-0.4, -0.2) is 73.7 Å². The fraction of sp³-hybridized carbons (Fsp3) is 0.225. The van der Waals surface area contributed by atoms with E-state index in [4.69, 9.17) is 0 Å². The van der Waals surface area contributed by atoms with Gasteiger partial charge in [-0.1, -0.05) is 72.8 Å². The third kappa shape index (κ3) is 9.52. The zero-order chi connectivity index (χ0) is 35.6. The Morgan fingerprint density at radius 1 is 0.784 bits per heavy atom. The first-order valence-electron chi connectivity index (χ1n) is 16.7. The summed E-state index contributed by atoms with van der Waals surface area (Å²) in [6.45, 7) is 3.07. The van der Waals surface area contributed by atoms with E-state index in [1.165, 1.54) is 30.6 Å². The van der Waals surface area contributed by atoms with Crippen LogP contribution in [-0.2, 0) is 35.3 Å². The van der Waals surface area contributed by atoms with Crippen molar-refractivity contribution in [2.24, 2.45) is 0 Å². The number of rotatable bonds is 11. The first-order valence-corrected chi connectivity index (χ1v) is 16.7. The fourth-order valence-corrected chi connectivity index (χ4v) is 6.07. The third-order valence-electron chi connectivity index (χ3n) is 8.84. The molecule has 0 bridgehead atoms. The van der Waals surface area contributed by atoms with E-state index in [9.17, 15) is 22.8 Å². The molecule has 3 heterocycles. The van der Waals surface area contributed by atoms with Crippen LogP contribution in [0.1, 0.15) is 27.8 Å². The number of benzene rings is 3. The van der Waals surface area contributed by atoms with Crippen molar-refractivity contribution in [3.05, 3.63) is 156 Å². The van der Waals surface area contributed by atoms with Crippen LogP contribution in [0.5, 0.6) is 0 Å². The van der Waals surface area contributed by atoms with E-state index in [2.05, 4.69) is 19.9 Å². The van der Waals surface area contributed by atoms with Crippen LogP contribution in [0.15, 0.2) is 128 Å². The van der Waals surface area contributed by atoms with Crippen molar-refractivity contribution in [3.8, 4) is 11.3 Å². The lowest BCUT2D eigenvalue weighted by Gasteiger charge is -2.39. The maximum absolute atomic E-state index is 14.5. The summed E-state index contributed by atoms with van der Waals surface area (Å²) in [5, 5.41) is 0. The molecule has 1 saturated heterocycles. The molecular formula is C40H37F3N6O2. The first-order chi connectivity index (χ1) is 24.7. The van der Waals surface area contributed by atoms with E-state index in [-0.39, 0.29) is 18.9 Å². The van der Waals surface area contributed by atoms with Crippen LogP contribution in [0.25, 0.3) is 17.3 Å². The van der Waals surface area contributed by atoms with Gasteiger partial charge in [0.2, 0.25) is 11.8 Å². The molecular weight excluding hydrogens is 653 g/mol. The molecule has 1 fully saturated rings. The largest absolute Gasteiger partial charge is 0.416 e. The average Bonchev–Trinajstić information content (AvgIpc) is 3.16. The summed E-state index contributed by atoms with van der Waals surface area (Å²) in [6.07, 6.45) is 5.41. The van der Waals surface area contributed by atoms with Gasteiger partial charge in [0, 0.05) is 81.5 Å². The number of pyridine rings is 1. The first kappa shape index (κ1) is 35.2. The molecule has 0 spiro atoms. The van der Waals surface area contributed by atoms with Crippen molar-refractivity contribution in [2.45, 2.75) is 31.7 Å². The maximum atomic E-state index is 14.5. The molecule has 6 rings (SSSR count). The molecule has 2 aromatic heterocycles. The van der Waals surface area contributed by atoms with E-state index in [1.807, 2.05) is 77.7 Å². The van der Waals surface area contributed by atoms with Crippen LogP contribution in [0, 0.1) is 0 Å². The Balaban J connectivity index is 1.28. The molecule has 0 aliphatic carbocycles. The Bertz CT molecular complexity index is 1900. The Morgan fingerprint density at radius 2 is 1.47 bits per heavy atom. The lowest BCUT2D eigenvalue weighted by molar-refractivity contribution is -0.145. The third-order valence-corrected chi connectivity index (χ3v) is 8.84. The van der Waals surface area contributed by atoms with E-state index < -0.39 is 23.7 Å². The lowest BCUT2D eigenvalue weighted by atomic mass is 10.0. The number of carbonyl (C=O) groups excluding carboxylic acids is 2. The van der Waals surface area contributed by atoms with Crippen molar-refractivity contribution in [1.29, 1.82) is 0 Å². The molecule has 260 valence electrons. The zero-order valence-electron chi connectivity index (χ0n) is 27.9. The summed E-state index contributed by atoms with van der Waals surface area (Å²) in [5.41, 5.74) is 4.09. The molecule has 2 amide bonds. The Morgan fingerprint density at radius 3 is 2.12 bits per heavy atom. The van der Waals surface area contributed by atoms with Gasteiger partial charge in [0.1, 0.15) is 12.4 Å². The molecule has 0 unspecified atom stereocenters. The number of alkyl halides is 3. The second-order valence-corrected chi connectivity index (χ2v) is 12.4. The van der Waals surface area contributed by atoms with Gasteiger partial charge in [-0.25, -0.2) is 9.97 Å². The standard InChI is InChI=1S/C40H37F3N6O2/c41-40(42,43)35-16-11-30(12-17-35)13-18-38(50)49(28-32-9-14-34(15-10-32)36-8-4-5-19-46-36)37(24-31-6-2-1-3-7-31)39(51)48-22-20-47(21-23-48)27-33-25-44-29-45-26-33/h1-19,25-26,29,37H,20-24,27-28H2/b18-13-/t37-/m0/s1. The van der Waals surface area contributed by atoms with Gasteiger partial charge in [-0.15, -0.1) is 0 Å². The summed E-state index contributed by atoms with van der Waals surface area (Å²) >= 11 is 0. The van der Waals surface area contributed by atoms with Gasteiger partial charge < -0.3 is 9.80 Å². The molecule has 8 nitrogen and oxygen atoms in total. The zero-order valence-corrected chi connectivity index (χ0v) is 27.9. The molecule has 51 heavy (non-hydrogen) atoms. The second kappa shape index (κ2) is 16.4. The van der Waals surface area contributed by atoms with Crippen molar-refractivity contribution in [2.75, 3.05) is 26.2 Å². The Hall–Kier alpha value is -5.68. The molecule has 0 radical (unpaired) electrons. The van der Waals surface area contributed by atoms with Gasteiger partial charge in [0.25, 0.3) is 0 Å². The molecule has 1 atom stereocenters. The van der Waals surface area contributed by atoms with Gasteiger partial charge >= 0.3 is 6.18 Å². The van der Waals surface area contributed by atoms with Gasteiger partial charge in [0.05, 0.1) is 11.3 Å². The Kier molecular flexibility index (Phi) is 11.3. The minimum atomic E-state index is -4.46. The number of aromatic nitrogens is 3. The number of halogens is 3. The minimum absolute atomic E-state index is 0.135. The van der Waals surface area contributed by atoms with Crippen LogP contribution in [0.3, 0.4) is 0 Å². The topological polar surface area (TPSA) is 82.5 Å². The lowest BCUT2D eigenvalue weighted by Crippen LogP contribution is -2.56. The highest BCUT2D eigenvalue weighted by molar-refractivity contribution is 5.95. The molecule has 0 saturated carbocycles. The molecule has 5 aromatic rings. The highest BCUT2D eigenvalue weighted by Gasteiger charge is 2.34. The molecule has 1 aliphatic heterocycles. The highest BCUT2D eigenvalue weighted by atomic mass is 19.4. The summed E-state index contributed by atoms with van der Waals surface area (Å²) in [4.78, 5) is 46.9. The number of nitrogens with zero attached hydrogens (tertiary/aromatic N) is 6. The van der Waals surface area contributed by atoms with Crippen molar-refractivity contribution in [1.82, 2.24) is 29.7 Å². The van der Waals surface area contributed by atoms with E-state index in [0.29, 0.717) is 38.3 Å². The summed E-state index contributed by atoms with van der Waals surface area (Å²) in [6, 6.07) is 26.7. The summed E-state index contributed by atoms with van der Waals surface area (Å²) in [5.74, 6) is -0.594. The van der Waals surface area contributed by atoms with Gasteiger partial charge in [0.15, 0.2) is 0 Å². The number of carbonyl (C=O) groups is 2. The van der Waals surface area contributed by atoms with Crippen LogP contribution in [0.2, 0.25) is 0 Å². The normalized spacial score (nSPS) is 14.4.